The number of anilines is 2. The topological polar surface area (TPSA) is 111 Å². The van der Waals surface area contributed by atoms with Gasteiger partial charge in [0.2, 0.25) is 11.8 Å². The summed E-state index contributed by atoms with van der Waals surface area (Å²) in [7, 11) is 2.91. The molecule has 10 nitrogen and oxygen atoms in total. The first-order chi connectivity index (χ1) is 14.3. The molecule has 0 atom stereocenters. The summed E-state index contributed by atoms with van der Waals surface area (Å²) in [6.07, 6.45) is 2.45. The van der Waals surface area contributed by atoms with Gasteiger partial charge in [0, 0.05) is 38.4 Å². The molecule has 0 saturated heterocycles. The zero-order valence-electron chi connectivity index (χ0n) is 17.0. The van der Waals surface area contributed by atoms with Gasteiger partial charge in [-0.1, -0.05) is 0 Å². The number of amides is 2. The third kappa shape index (κ3) is 3.10. The first kappa shape index (κ1) is 19.6. The highest BCUT2D eigenvalue weighted by molar-refractivity contribution is 5.97. The van der Waals surface area contributed by atoms with Crippen molar-refractivity contribution in [3.05, 3.63) is 50.9 Å². The van der Waals surface area contributed by atoms with Crippen LogP contribution in [-0.4, -0.2) is 37.0 Å². The Morgan fingerprint density at radius 1 is 1.13 bits per heavy atom. The molecular formula is C20H22N6O4. The summed E-state index contributed by atoms with van der Waals surface area (Å²) < 4.78 is 3.69. The fourth-order valence-corrected chi connectivity index (χ4v) is 3.86. The molecule has 1 aliphatic heterocycles. The van der Waals surface area contributed by atoms with E-state index in [0.29, 0.717) is 25.1 Å². The van der Waals surface area contributed by atoms with Crippen LogP contribution in [0.1, 0.15) is 18.9 Å². The summed E-state index contributed by atoms with van der Waals surface area (Å²) in [5, 5.41) is 2.83. The molecule has 2 aromatic heterocycles. The highest BCUT2D eigenvalue weighted by Gasteiger charge is 2.23. The summed E-state index contributed by atoms with van der Waals surface area (Å²) in [6.45, 7) is 2.40. The van der Waals surface area contributed by atoms with E-state index in [0.717, 1.165) is 15.8 Å². The van der Waals surface area contributed by atoms with Crippen molar-refractivity contribution in [3.8, 4) is 0 Å². The summed E-state index contributed by atoms with van der Waals surface area (Å²) in [6, 6.07) is 5.47. The predicted octanol–water partition coefficient (Wildman–Crippen LogP) is 0.372. The van der Waals surface area contributed by atoms with Crippen molar-refractivity contribution < 1.29 is 9.59 Å². The Kier molecular flexibility index (Phi) is 4.76. The van der Waals surface area contributed by atoms with E-state index in [1.807, 2.05) is 19.1 Å². The van der Waals surface area contributed by atoms with E-state index >= 15 is 0 Å². The van der Waals surface area contributed by atoms with Crippen molar-refractivity contribution in [2.24, 2.45) is 14.1 Å². The number of benzene rings is 1. The second-order valence-corrected chi connectivity index (χ2v) is 7.28. The minimum absolute atomic E-state index is 0.102. The van der Waals surface area contributed by atoms with Crippen molar-refractivity contribution in [1.82, 2.24) is 18.7 Å². The smallest absolute Gasteiger partial charge is 0.325 e. The van der Waals surface area contributed by atoms with E-state index in [-0.39, 0.29) is 29.5 Å². The Balaban J connectivity index is 1.59. The molecule has 0 radical (unpaired) electrons. The molecule has 4 rings (SSSR count). The quantitative estimate of drug-likeness (QED) is 0.668. The second kappa shape index (κ2) is 7.29. The lowest BCUT2D eigenvalue weighted by molar-refractivity contribution is -0.119. The monoisotopic (exact) mass is 410 g/mol. The molecule has 156 valence electrons. The zero-order valence-corrected chi connectivity index (χ0v) is 17.0. The van der Waals surface area contributed by atoms with E-state index < -0.39 is 11.2 Å². The molecule has 2 amide bonds. The van der Waals surface area contributed by atoms with Gasteiger partial charge in [-0.05, 0) is 37.1 Å². The number of nitrogens with one attached hydrogen (secondary N) is 1. The van der Waals surface area contributed by atoms with Gasteiger partial charge in [-0.25, -0.2) is 9.78 Å². The number of aromatic nitrogens is 4. The number of imidazole rings is 1. The normalized spacial score (nSPS) is 13.6. The Morgan fingerprint density at radius 3 is 2.63 bits per heavy atom. The average molecular weight is 410 g/mol. The molecule has 0 unspecified atom stereocenters. The van der Waals surface area contributed by atoms with Crippen LogP contribution in [0, 0.1) is 0 Å². The van der Waals surface area contributed by atoms with Gasteiger partial charge in [-0.2, -0.15) is 0 Å². The third-order valence-corrected chi connectivity index (χ3v) is 5.41. The fourth-order valence-electron chi connectivity index (χ4n) is 3.86. The molecule has 0 bridgehead atoms. The number of carbonyl (C=O) groups excluding carboxylic acids is 2. The van der Waals surface area contributed by atoms with Crippen LogP contribution in [0.4, 0.5) is 11.4 Å². The van der Waals surface area contributed by atoms with Gasteiger partial charge in [-0.3, -0.25) is 23.5 Å². The molecule has 0 spiro atoms. The van der Waals surface area contributed by atoms with E-state index in [9.17, 15) is 19.2 Å². The second-order valence-electron chi connectivity index (χ2n) is 7.28. The predicted molar refractivity (Wildman–Crippen MR) is 112 cm³/mol. The highest BCUT2D eigenvalue weighted by Crippen LogP contribution is 2.30. The first-order valence-electron chi connectivity index (χ1n) is 9.65. The van der Waals surface area contributed by atoms with Crippen molar-refractivity contribution in [3.63, 3.8) is 0 Å². The lowest BCUT2D eigenvalue weighted by atomic mass is 10.0. The van der Waals surface area contributed by atoms with Crippen LogP contribution in [0.3, 0.4) is 0 Å². The van der Waals surface area contributed by atoms with E-state index in [1.54, 1.807) is 11.0 Å². The van der Waals surface area contributed by atoms with Gasteiger partial charge in [0.1, 0.15) is 6.54 Å². The maximum atomic E-state index is 12.6. The van der Waals surface area contributed by atoms with Gasteiger partial charge in [0.15, 0.2) is 11.2 Å². The average Bonchev–Trinajstić information content (AvgIpc) is 3.14. The van der Waals surface area contributed by atoms with E-state index in [1.165, 1.54) is 29.6 Å². The number of rotatable bonds is 4. The van der Waals surface area contributed by atoms with E-state index in [2.05, 4.69) is 10.3 Å². The van der Waals surface area contributed by atoms with Crippen LogP contribution in [0.2, 0.25) is 0 Å². The molecular weight excluding hydrogens is 388 g/mol. The van der Waals surface area contributed by atoms with E-state index in [4.69, 9.17) is 0 Å². The number of aryl methyl sites for hydroxylation is 2. The Morgan fingerprint density at radius 2 is 1.90 bits per heavy atom. The third-order valence-electron chi connectivity index (χ3n) is 5.41. The first-order valence-corrected chi connectivity index (χ1v) is 9.65. The van der Waals surface area contributed by atoms with Crippen LogP contribution < -0.4 is 21.5 Å². The summed E-state index contributed by atoms with van der Waals surface area (Å²) in [4.78, 5) is 55.0. The van der Waals surface area contributed by atoms with Crippen molar-refractivity contribution in [1.29, 1.82) is 0 Å². The van der Waals surface area contributed by atoms with Gasteiger partial charge >= 0.3 is 5.69 Å². The SMILES string of the molecule is CCN1C(=O)CCc2cc(NC(=O)Cn3cnc4c3c(=O)n(C)c(=O)n4C)ccc21. The van der Waals surface area contributed by atoms with Gasteiger partial charge in [-0.15, -0.1) is 0 Å². The Bertz CT molecular complexity index is 1300. The Hall–Kier alpha value is -3.69. The van der Waals surface area contributed by atoms with Crippen LogP contribution in [0.25, 0.3) is 11.2 Å². The highest BCUT2D eigenvalue weighted by atomic mass is 16.2. The van der Waals surface area contributed by atoms with Crippen LogP contribution in [-0.2, 0) is 36.6 Å². The minimum atomic E-state index is -0.503. The molecule has 3 aromatic rings. The molecule has 10 heteroatoms. The molecule has 0 saturated carbocycles. The summed E-state index contributed by atoms with van der Waals surface area (Å²) in [5.74, 6) is -0.228. The number of hydrogen-bond donors (Lipinski definition) is 1. The van der Waals surface area contributed by atoms with Crippen LogP contribution >= 0.6 is 0 Å². The van der Waals surface area contributed by atoms with Crippen LogP contribution in [0.5, 0.6) is 0 Å². The largest absolute Gasteiger partial charge is 0.332 e. The maximum Gasteiger partial charge on any atom is 0.332 e. The van der Waals surface area contributed by atoms with Crippen molar-refractivity contribution in [2.45, 2.75) is 26.3 Å². The molecule has 0 fully saturated rings. The van der Waals surface area contributed by atoms with Crippen LogP contribution in [0.15, 0.2) is 34.1 Å². The van der Waals surface area contributed by atoms with Gasteiger partial charge in [0.25, 0.3) is 5.56 Å². The fraction of sp³-hybridized carbons (Fsp3) is 0.350. The van der Waals surface area contributed by atoms with Crippen molar-refractivity contribution >= 4 is 34.4 Å². The summed E-state index contributed by atoms with van der Waals surface area (Å²) in [5.41, 5.74) is 1.94. The number of hydrogen-bond acceptors (Lipinski definition) is 5. The zero-order chi connectivity index (χ0) is 21.6. The molecule has 0 aliphatic carbocycles. The lowest BCUT2D eigenvalue weighted by Crippen LogP contribution is -2.37. The standard InChI is InChI=1S/C20H22N6O4/c1-4-26-14-7-6-13(9-12(14)5-8-16(26)28)22-15(27)10-25-11-21-18-17(25)19(29)24(3)20(30)23(18)2/h6-7,9,11H,4-5,8,10H2,1-3H3,(H,22,27). The Labute approximate surface area is 171 Å². The molecule has 1 aliphatic rings. The van der Waals surface area contributed by atoms with Crippen molar-refractivity contribution in [2.75, 3.05) is 16.8 Å². The number of nitrogens with zero attached hydrogens (tertiary/aromatic N) is 5. The van der Waals surface area contributed by atoms with Gasteiger partial charge in [0.05, 0.1) is 6.33 Å². The maximum absolute atomic E-state index is 12.6. The lowest BCUT2D eigenvalue weighted by Gasteiger charge is -2.28. The molecule has 1 aromatic carbocycles. The summed E-state index contributed by atoms with van der Waals surface area (Å²) >= 11 is 0. The molecule has 3 heterocycles. The number of carbonyl (C=O) groups is 2. The van der Waals surface area contributed by atoms with Gasteiger partial charge < -0.3 is 14.8 Å². The minimum Gasteiger partial charge on any atom is -0.325 e. The molecule has 30 heavy (non-hydrogen) atoms. The number of fused-ring (bicyclic) bond motifs is 2. The molecule has 1 N–H and O–H groups in total.